The first-order chi connectivity index (χ1) is 6.86. The molecule has 0 saturated carbocycles. The highest BCUT2D eigenvalue weighted by Crippen LogP contribution is 2.22. The second-order valence-electron chi connectivity index (χ2n) is 3.97. The lowest BCUT2D eigenvalue weighted by molar-refractivity contribution is 0.466. The summed E-state index contributed by atoms with van der Waals surface area (Å²) in [5.74, 6) is -0.164. The molecule has 0 aliphatic heterocycles. The standard InChI is InChI=1S/C13H16O2/c1-7(2)11-8(3)6-9(4)12(14)13(15)10(11)5/h6H,1H2,2-5H3,(H,14,15). The molecular formula is C13H16O2. The molecule has 0 atom stereocenters. The summed E-state index contributed by atoms with van der Waals surface area (Å²) < 4.78 is 0. The summed E-state index contributed by atoms with van der Waals surface area (Å²) in [5.41, 5.74) is 3.52. The first-order valence-corrected chi connectivity index (χ1v) is 4.86. The van der Waals surface area contributed by atoms with Gasteiger partial charge >= 0.3 is 0 Å². The molecule has 0 heterocycles. The Bertz CT molecular complexity index is 485. The lowest BCUT2D eigenvalue weighted by atomic mass is 10.0. The van der Waals surface area contributed by atoms with Crippen molar-refractivity contribution in [3.63, 3.8) is 0 Å². The van der Waals surface area contributed by atoms with Gasteiger partial charge in [-0.05, 0) is 44.4 Å². The van der Waals surface area contributed by atoms with E-state index in [1.165, 1.54) is 0 Å². The Hall–Kier alpha value is -1.57. The molecule has 0 saturated heterocycles. The smallest absolute Gasteiger partial charge is 0.223 e. The summed E-state index contributed by atoms with van der Waals surface area (Å²) >= 11 is 0. The molecule has 0 aliphatic carbocycles. The number of hydrogen-bond donors (Lipinski definition) is 1. The van der Waals surface area contributed by atoms with Crippen LogP contribution in [0.5, 0.6) is 5.75 Å². The van der Waals surface area contributed by atoms with Crippen LogP contribution in [0.2, 0.25) is 0 Å². The Morgan fingerprint density at radius 3 is 2.27 bits per heavy atom. The maximum Gasteiger partial charge on any atom is 0.223 e. The quantitative estimate of drug-likeness (QED) is 0.763. The fourth-order valence-corrected chi connectivity index (χ4v) is 1.89. The van der Waals surface area contributed by atoms with E-state index in [4.69, 9.17) is 0 Å². The minimum Gasteiger partial charge on any atom is -0.504 e. The largest absolute Gasteiger partial charge is 0.504 e. The fraction of sp³-hybridized carbons (Fsp3) is 0.308. The monoisotopic (exact) mass is 204 g/mol. The molecule has 0 unspecified atom stereocenters. The average molecular weight is 204 g/mol. The predicted molar refractivity (Wildman–Crippen MR) is 63.3 cm³/mol. The molecule has 80 valence electrons. The van der Waals surface area contributed by atoms with E-state index in [1.54, 1.807) is 13.8 Å². The highest BCUT2D eigenvalue weighted by molar-refractivity contribution is 5.67. The maximum absolute atomic E-state index is 11.8. The van der Waals surface area contributed by atoms with Crippen LogP contribution in [0.25, 0.3) is 5.57 Å². The highest BCUT2D eigenvalue weighted by Gasteiger charge is 2.10. The number of allylic oxidation sites excluding steroid dienone is 1. The van der Waals surface area contributed by atoms with Crippen molar-refractivity contribution in [3.05, 3.63) is 45.1 Å². The lowest BCUT2D eigenvalue weighted by Gasteiger charge is -2.03. The fourth-order valence-electron chi connectivity index (χ4n) is 1.89. The van der Waals surface area contributed by atoms with Crippen molar-refractivity contribution < 1.29 is 5.11 Å². The molecule has 1 rings (SSSR count). The van der Waals surface area contributed by atoms with Gasteiger partial charge in [0.2, 0.25) is 5.43 Å². The molecule has 0 bridgehead atoms. The number of aromatic hydroxyl groups is 1. The SMILES string of the molecule is C=C(C)c1c(C)cc(C)c(O)c(=O)c1C. The third kappa shape index (κ3) is 1.94. The summed E-state index contributed by atoms with van der Waals surface area (Å²) in [6.07, 6.45) is 0. The van der Waals surface area contributed by atoms with E-state index >= 15 is 0 Å². The molecule has 1 N–H and O–H groups in total. The van der Waals surface area contributed by atoms with Crippen LogP contribution in [-0.2, 0) is 0 Å². The number of rotatable bonds is 1. The number of aryl methyl sites for hydroxylation is 2. The normalized spacial score (nSPS) is 10.1. The molecule has 0 amide bonds. The minimum atomic E-state index is -0.307. The van der Waals surface area contributed by atoms with Crippen LogP contribution < -0.4 is 5.43 Å². The van der Waals surface area contributed by atoms with E-state index in [1.807, 2.05) is 19.9 Å². The van der Waals surface area contributed by atoms with Crippen molar-refractivity contribution in [1.82, 2.24) is 0 Å². The second kappa shape index (κ2) is 3.89. The van der Waals surface area contributed by atoms with Gasteiger partial charge in [0.15, 0.2) is 5.75 Å². The van der Waals surface area contributed by atoms with E-state index in [0.29, 0.717) is 11.1 Å². The van der Waals surface area contributed by atoms with Gasteiger partial charge in [0.1, 0.15) is 0 Å². The van der Waals surface area contributed by atoms with Gasteiger partial charge in [-0.3, -0.25) is 4.79 Å². The summed E-state index contributed by atoms with van der Waals surface area (Å²) in [6.45, 7) is 11.1. The van der Waals surface area contributed by atoms with Crippen LogP contribution in [0, 0.1) is 20.8 Å². The molecule has 0 aromatic heterocycles. The Labute approximate surface area is 89.9 Å². The Balaban J connectivity index is 3.88. The van der Waals surface area contributed by atoms with Gasteiger partial charge in [-0.2, -0.15) is 0 Å². The molecule has 1 aromatic carbocycles. The molecule has 15 heavy (non-hydrogen) atoms. The Morgan fingerprint density at radius 2 is 1.80 bits per heavy atom. The van der Waals surface area contributed by atoms with Crippen molar-refractivity contribution in [2.45, 2.75) is 27.7 Å². The summed E-state index contributed by atoms with van der Waals surface area (Å²) in [5, 5.41) is 9.64. The van der Waals surface area contributed by atoms with Crippen LogP contribution in [0.1, 0.15) is 29.2 Å². The van der Waals surface area contributed by atoms with E-state index in [2.05, 4.69) is 6.58 Å². The first-order valence-electron chi connectivity index (χ1n) is 4.86. The van der Waals surface area contributed by atoms with Crippen molar-refractivity contribution in [2.24, 2.45) is 0 Å². The lowest BCUT2D eigenvalue weighted by Crippen LogP contribution is -2.04. The molecule has 0 aliphatic rings. The number of hydrogen-bond acceptors (Lipinski definition) is 2. The van der Waals surface area contributed by atoms with Gasteiger partial charge in [0.05, 0.1) is 0 Å². The molecule has 2 heteroatoms. The molecule has 0 radical (unpaired) electrons. The van der Waals surface area contributed by atoms with Gasteiger partial charge in [-0.25, -0.2) is 0 Å². The van der Waals surface area contributed by atoms with Crippen LogP contribution in [0.3, 0.4) is 0 Å². The maximum atomic E-state index is 11.8. The zero-order chi connectivity index (χ0) is 11.7. The first kappa shape index (κ1) is 11.5. The van der Waals surface area contributed by atoms with Gasteiger partial charge in [0, 0.05) is 5.56 Å². The Morgan fingerprint density at radius 1 is 1.27 bits per heavy atom. The molecule has 0 fully saturated rings. The van der Waals surface area contributed by atoms with E-state index in [0.717, 1.165) is 16.7 Å². The summed E-state index contributed by atoms with van der Waals surface area (Å²) in [6, 6.07) is 1.81. The molecular weight excluding hydrogens is 188 g/mol. The van der Waals surface area contributed by atoms with Gasteiger partial charge in [-0.1, -0.05) is 18.2 Å². The van der Waals surface area contributed by atoms with Crippen molar-refractivity contribution in [2.75, 3.05) is 0 Å². The molecule has 1 aromatic rings. The third-order valence-electron chi connectivity index (χ3n) is 2.56. The average Bonchev–Trinajstić information content (AvgIpc) is 2.19. The van der Waals surface area contributed by atoms with Crippen molar-refractivity contribution in [3.8, 4) is 5.75 Å². The zero-order valence-corrected chi connectivity index (χ0v) is 9.64. The highest BCUT2D eigenvalue weighted by atomic mass is 16.3. The van der Waals surface area contributed by atoms with E-state index in [9.17, 15) is 9.90 Å². The van der Waals surface area contributed by atoms with Gasteiger partial charge < -0.3 is 5.11 Å². The van der Waals surface area contributed by atoms with Gasteiger partial charge in [-0.15, -0.1) is 0 Å². The second-order valence-corrected chi connectivity index (χ2v) is 3.97. The van der Waals surface area contributed by atoms with Gasteiger partial charge in [0.25, 0.3) is 0 Å². The van der Waals surface area contributed by atoms with Crippen molar-refractivity contribution >= 4 is 5.57 Å². The molecule has 2 nitrogen and oxygen atoms in total. The summed E-state index contributed by atoms with van der Waals surface area (Å²) in [7, 11) is 0. The predicted octanol–water partition coefficient (Wildman–Crippen LogP) is 2.71. The van der Waals surface area contributed by atoms with Crippen molar-refractivity contribution in [1.29, 1.82) is 0 Å². The van der Waals surface area contributed by atoms with Crippen LogP contribution in [0.4, 0.5) is 0 Å². The van der Waals surface area contributed by atoms with Crippen LogP contribution in [0.15, 0.2) is 17.4 Å². The zero-order valence-electron chi connectivity index (χ0n) is 9.64. The van der Waals surface area contributed by atoms with Crippen LogP contribution in [-0.4, -0.2) is 5.11 Å². The topological polar surface area (TPSA) is 37.3 Å². The minimum absolute atomic E-state index is 0.164. The third-order valence-corrected chi connectivity index (χ3v) is 2.56. The molecule has 0 spiro atoms. The van der Waals surface area contributed by atoms with Crippen LogP contribution >= 0.6 is 0 Å². The Kier molecular flexibility index (Phi) is 2.98. The summed E-state index contributed by atoms with van der Waals surface area (Å²) in [4.78, 5) is 11.8. The van der Waals surface area contributed by atoms with E-state index < -0.39 is 0 Å². The van der Waals surface area contributed by atoms with E-state index in [-0.39, 0.29) is 11.2 Å².